The maximum absolute atomic E-state index is 11.9. The molecule has 1 amide bonds. The Morgan fingerprint density at radius 3 is 2.56 bits per heavy atom. The maximum Gasteiger partial charge on any atom is 0.410 e. The van der Waals surface area contributed by atoms with Crippen molar-refractivity contribution in [3.63, 3.8) is 0 Å². The van der Waals surface area contributed by atoms with Crippen LogP contribution in [0.1, 0.15) is 20.8 Å². The molecule has 7 nitrogen and oxygen atoms in total. The minimum Gasteiger partial charge on any atom is -0.444 e. The quantitative estimate of drug-likeness (QED) is 0.723. The Labute approximate surface area is 107 Å². The van der Waals surface area contributed by atoms with Crippen molar-refractivity contribution >= 4 is 16.1 Å². The first-order valence-electron chi connectivity index (χ1n) is 5.67. The fraction of sp³-hybridized carbons (Fsp3) is 0.900. The van der Waals surface area contributed by atoms with E-state index in [1.807, 2.05) is 0 Å². The summed E-state index contributed by atoms with van der Waals surface area (Å²) in [6, 6.07) is 0. The highest BCUT2D eigenvalue weighted by Gasteiger charge is 2.31. The number of hydrogen-bond acceptors (Lipinski definition) is 5. The first-order valence-corrected chi connectivity index (χ1v) is 7.28. The van der Waals surface area contributed by atoms with Gasteiger partial charge in [-0.05, 0) is 20.8 Å². The molecule has 2 N–H and O–H groups in total. The Balaban J connectivity index is 2.73. The smallest absolute Gasteiger partial charge is 0.410 e. The van der Waals surface area contributed by atoms with E-state index < -0.39 is 27.0 Å². The van der Waals surface area contributed by atoms with Crippen LogP contribution < -0.4 is 5.14 Å². The van der Waals surface area contributed by atoms with E-state index in [9.17, 15) is 13.2 Å². The van der Waals surface area contributed by atoms with Gasteiger partial charge in [0.15, 0.2) is 0 Å². The number of sulfonamides is 1. The molecular formula is C10H20N2O5S. The molecule has 0 radical (unpaired) electrons. The summed E-state index contributed by atoms with van der Waals surface area (Å²) in [6.07, 6.45) is -0.554. The minimum absolute atomic E-state index is 0.00185. The summed E-state index contributed by atoms with van der Waals surface area (Å²) in [5.74, 6) is 0. The Bertz CT molecular complexity index is 401. The topological polar surface area (TPSA) is 98.9 Å². The maximum atomic E-state index is 11.9. The van der Waals surface area contributed by atoms with Crippen molar-refractivity contribution in [3.05, 3.63) is 0 Å². The van der Waals surface area contributed by atoms with Gasteiger partial charge in [0.25, 0.3) is 0 Å². The third-order valence-electron chi connectivity index (χ3n) is 2.35. The number of ether oxygens (including phenoxy) is 2. The molecule has 0 spiro atoms. The van der Waals surface area contributed by atoms with E-state index in [-0.39, 0.29) is 19.8 Å². The fourth-order valence-corrected chi connectivity index (χ4v) is 2.14. The van der Waals surface area contributed by atoms with Gasteiger partial charge < -0.3 is 14.4 Å². The predicted octanol–water partition coefficient (Wildman–Crippen LogP) is -0.0892. The first kappa shape index (κ1) is 15.2. The molecule has 1 aliphatic rings. The summed E-state index contributed by atoms with van der Waals surface area (Å²) in [4.78, 5) is 13.2. The van der Waals surface area contributed by atoms with E-state index in [1.54, 1.807) is 20.8 Å². The molecule has 1 unspecified atom stereocenters. The normalized spacial score (nSPS) is 22.4. The van der Waals surface area contributed by atoms with Crippen molar-refractivity contribution < 1.29 is 22.7 Å². The Morgan fingerprint density at radius 2 is 2.06 bits per heavy atom. The van der Waals surface area contributed by atoms with Crippen LogP contribution in [0.3, 0.4) is 0 Å². The van der Waals surface area contributed by atoms with E-state index in [0.29, 0.717) is 6.54 Å². The zero-order chi connectivity index (χ0) is 14.0. The van der Waals surface area contributed by atoms with Crippen molar-refractivity contribution in [2.24, 2.45) is 5.14 Å². The molecule has 0 aromatic heterocycles. The SMILES string of the molecule is CC(C)(C)OC(=O)N1CCOCC(S(N)(=O)=O)C1. The molecule has 1 rings (SSSR count). The lowest BCUT2D eigenvalue weighted by Gasteiger charge is -2.27. The van der Waals surface area contributed by atoms with Gasteiger partial charge >= 0.3 is 6.09 Å². The van der Waals surface area contributed by atoms with Gasteiger partial charge in [0.05, 0.1) is 13.2 Å². The van der Waals surface area contributed by atoms with Gasteiger partial charge in [0.1, 0.15) is 10.9 Å². The third kappa shape index (κ3) is 4.79. The van der Waals surface area contributed by atoms with Gasteiger partial charge in [-0.15, -0.1) is 0 Å². The van der Waals surface area contributed by atoms with Crippen molar-refractivity contribution in [2.75, 3.05) is 26.3 Å². The number of rotatable bonds is 1. The molecule has 18 heavy (non-hydrogen) atoms. The summed E-state index contributed by atoms with van der Waals surface area (Å²) in [5, 5.41) is 4.17. The molecule has 0 aliphatic carbocycles. The van der Waals surface area contributed by atoms with Crippen molar-refractivity contribution in [1.82, 2.24) is 4.90 Å². The summed E-state index contributed by atoms with van der Waals surface area (Å²) in [7, 11) is -3.73. The number of amides is 1. The summed E-state index contributed by atoms with van der Waals surface area (Å²) < 4.78 is 32.9. The highest BCUT2D eigenvalue weighted by Crippen LogP contribution is 2.13. The van der Waals surface area contributed by atoms with E-state index in [0.717, 1.165) is 0 Å². The van der Waals surface area contributed by atoms with Crippen LogP contribution in [-0.2, 0) is 19.5 Å². The Hall–Kier alpha value is -0.860. The highest BCUT2D eigenvalue weighted by atomic mass is 32.2. The van der Waals surface area contributed by atoms with Crippen LogP contribution in [-0.4, -0.2) is 56.6 Å². The van der Waals surface area contributed by atoms with Crippen LogP contribution in [0.4, 0.5) is 4.79 Å². The van der Waals surface area contributed by atoms with Gasteiger partial charge in [-0.2, -0.15) is 0 Å². The second-order valence-corrected chi connectivity index (χ2v) is 7.06. The van der Waals surface area contributed by atoms with Crippen molar-refractivity contribution in [2.45, 2.75) is 31.6 Å². The van der Waals surface area contributed by atoms with Crippen LogP contribution in [0.15, 0.2) is 0 Å². The Morgan fingerprint density at radius 1 is 1.44 bits per heavy atom. The largest absolute Gasteiger partial charge is 0.444 e. The van der Waals surface area contributed by atoms with Crippen LogP contribution in [0.25, 0.3) is 0 Å². The lowest BCUT2D eigenvalue weighted by atomic mass is 10.2. The standard InChI is InChI=1S/C10H20N2O5S/c1-10(2,3)17-9(13)12-4-5-16-7-8(6-12)18(11,14)15/h8H,4-7H2,1-3H3,(H2,11,14,15). The zero-order valence-corrected chi connectivity index (χ0v) is 11.7. The fourth-order valence-electron chi connectivity index (χ4n) is 1.47. The Kier molecular flexibility index (Phi) is 4.57. The third-order valence-corrected chi connectivity index (χ3v) is 3.56. The average molecular weight is 280 g/mol. The second kappa shape index (κ2) is 5.41. The van der Waals surface area contributed by atoms with Crippen LogP contribution in [0.5, 0.6) is 0 Å². The first-order chi connectivity index (χ1) is 8.09. The highest BCUT2D eigenvalue weighted by molar-refractivity contribution is 7.89. The molecule has 106 valence electrons. The lowest BCUT2D eigenvalue weighted by Crippen LogP contribution is -2.45. The van der Waals surface area contributed by atoms with Gasteiger partial charge in [-0.3, -0.25) is 0 Å². The number of carbonyl (C=O) groups excluding carboxylic acids is 1. The lowest BCUT2D eigenvalue weighted by molar-refractivity contribution is 0.0244. The predicted molar refractivity (Wildman–Crippen MR) is 65.5 cm³/mol. The average Bonchev–Trinajstić information content (AvgIpc) is 2.38. The molecule has 0 saturated carbocycles. The molecule has 0 aromatic rings. The molecular weight excluding hydrogens is 260 g/mol. The van der Waals surface area contributed by atoms with Crippen LogP contribution in [0, 0.1) is 0 Å². The molecule has 1 atom stereocenters. The van der Waals surface area contributed by atoms with E-state index in [4.69, 9.17) is 14.6 Å². The van der Waals surface area contributed by atoms with Gasteiger partial charge in [0.2, 0.25) is 10.0 Å². The molecule has 1 aliphatic heterocycles. The van der Waals surface area contributed by atoms with Crippen molar-refractivity contribution in [3.8, 4) is 0 Å². The number of nitrogens with zero attached hydrogens (tertiary/aromatic N) is 1. The number of primary sulfonamides is 1. The van der Waals surface area contributed by atoms with E-state index >= 15 is 0 Å². The second-order valence-electron chi connectivity index (χ2n) is 5.21. The summed E-state index contributed by atoms with van der Waals surface area (Å²) >= 11 is 0. The molecule has 0 aromatic carbocycles. The monoisotopic (exact) mass is 280 g/mol. The van der Waals surface area contributed by atoms with E-state index in [2.05, 4.69) is 0 Å². The molecule has 1 fully saturated rings. The van der Waals surface area contributed by atoms with E-state index in [1.165, 1.54) is 4.90 Å². The molecule has 1 heterocycles. The van der Waals surface area contributed by atoms with Crippen LogP contribution >= 0.6 is 0 Å². The summed E-state index contributed by atoms with van der Waals surface area (Å²) in [6.45, 7) is 5.79. The number of carbonyl (C=O) groups is 1. The molecule has 8 heteroatoms. The van der Waals surface area contributed by atoms with Gasteiger partial charge in [-0.1, -0.05) is 0 Å². The zero-order valence-electron chi connectivity index (χ0n) is 10.9. The minimum atomic E-state index is -3.73. The molecule has 0 bridgehead atoms. The van der Waals surface area contributed by atoms with Gasteiger partial charge in [0, 0.05) is 13.1 Å². The van der Waals surface area contributed by atoms with Gasteiger partial charge in [-0.25, -0.2) is 18.4 Å². The summed E-state index contributed by atoms with van der Waals surface area (Å²) in [5.41, 5.74) is -0.624. The van der Waals surface area contributed by atoms with Crippen LogP contribution in [0.2, 0.25) is 0 Å². The number of nitrogens with two attached hydrogens (primary N) is 1. The van der Waals surface area contributed by atoms with Crippen molar-refractivity contribution in [1.29, 1.82) is 0 Å². The number of hydrogen-bond donors (Lipinski definition) is 1. The molecule has 1 saturated heterocycles.